The molecule has 1 rings (SSSR count). The summed E-state index contributed by atoms with van der Waals surface area (Å²) < 4.78 is 0. The summed E-state index contributed by atoms with van der Waals surface area (Å²) in [5, 5.41) is 32.8. The van der Waals surface area contributed by atoms with E-state index in [0.717, 1.165) is 0 Å². The highest BCUT2D eigenvalue weighted by atomic mass is 32.1. The Kier molecular flexibility index (Phi) is 4.76. The Hall–Kier alpha value is -1.58. The van der Waals surface area contributed by atoms with E-state index in [1.807, 2.05) is 6.07 Å². The summed E-state index contributed by atoms with van der Waals surface area (Å²) in [4.78, 5) is 3.03. The van der Waals surface area contributed by atoms with Crippen molar-refractivity contribution in [1.29, 1.82) is 5.26 Å². The van der Waals surface area contributed by atoms with Gasteiger partial charge < -0.3 is 10.2 Å². The van der Waals surface area contributed by atoms with Crippen molar-refractivity contribution in [3.05, 3.63) is 32.3 Å². The molecule has 7 heteroatoms. The molecular formula is C9H10N4O2S. The van der Waals surface area contributed by atoms with E-state index >= 15 is 0 Å². The zero-order valence-corrected chi connectivity index (χ0v) is 9.13. The van der Waals surface area contributed by atoms with Gasteiger partial charge in [0.05, 0.1) is 6.10 Å². The summed E-state index contributed by atoms with van der Waals surface area (Å²) in [7, 11) is 0. The molecule has 2 unspecified atom stereocenters. The van der Waals surface area contributed by atoms with E-state index in [4.69, 9.17) is 10.8 Å². The number of nitriles is 1. The zero-order valence-electron chi connectivity index (χ0n) is 8.32. The fourth-order valence-electron chi connectivity index (χ4n) is 1.18. The van der Waals surface area contributed by atoms with Gasteiger partial charge in [0.2, 0.25) is 0 Å². The molecule has 0 aliphatic carbocycles. The number of hydrogen-bond acceptors (Lipinski definition) is 5. The second kappa shape index (κ2) is 6.10. The number of nitrogens with zero attached hydrogens (tertiary/aromatic N) is 4. The lowest BCUT2D eigenvalue weighted by Gasteiger charge is -2.15. The van der Waals surface area contributed by atoms with Crippen molar-refractivity contribution in [2.75, 3.05) is 6.54 Å². The quantitative estimate of drug-likeness (QED) is 0.462. The largest absolute Gasteiger partial charge is 0.390 e. The van der Waals surface area contributed by atoms with Crippen LogP contribution in [0.1, 0.15) is 23.0 Å². The summed E-state index contributed by atoms with van der Waals surface area (Å²) in [6, 6.07) is 3.49. The lowest BCUT2D eigenvalue weighted by Crippen LogP contribution is -2.18. The van der Waals surface area contributed by atoms with E-state index in [-0.39, 0.29) is 13.0 Å². The minimum Gasteiger partial charge on any atom is -0.390 e. The fourth-order valence-corrected chi connectivity index (χ4v) is 1.91. The molecule has 0 saturated heterocycles. The number of aliphatic hydroxyl groups is 2. The van der Waals surface area contributed by atoms with Crippen LogP contribution in [0.4, 0.5) is 0 Å². The van der Waals surface area contributed by atoms with Gasteiger partial charge in [0, 0.05) is 11.5 Å². The topological polar surface area (TPSA) is 113 Å². The Bertz CT molecular complexity index is 433. The van der Waals surface area contributed by atoms with Crippen LogP contribution in [0.3, 0.4) is 0 Å². The minimum atomic E-state index is -1.05. The maximum atomic E-state index is 9.71. The number of aliphatic hydroxyl groups excluding tert-OH is 2. The monoisotopic (exact) mass is 238 g/mol. The van der Waals surface area contributed by atoms with E-state index in [1.54, 1.807) is 5.38 Å². The van der Waals surface area contributed by atoms with Crippen molar-refractivity contribution in [2.24, 2.45) is 5.11 Å². The van der Waals surface area contributed by atoms with Gasteiger partial charge in [-0.25, -0.2) is 0 Å². The normalized spacial score (nSPS) is 13.6. The third kappa shape index (κ3) is 3.22. The van der Waals surface area contributed by atoms with Crippen molar-refractivity contribution >= 4 is 11.3 Å². The van der Waals surface area contributed by atoms with Crippen molar-refractivity contribution in [3.63, 3.8) is 0 Å². The van der Waals surface area contributed by atoms with Gasteiger partial charge in [0.25, 0.3) is 0 Å². The molecule has 0 radical (unpaired) electrons. The Morgan fingerprint density at radius 2 is 2.38 bits per heavy atom. The molecule has 1 heterocycles. The fraction of sp³-hybridized carbons (Fsp3) is 0.444. The van der Waals surface area contributed by atoms with Crippen molar-refractivity contribution in [3.8, 4) is 6.07 Å². The molecule has 0 fully saturated rings. The van der Waals surface area contributed by atoms with Crippen LogP contribution >= 0.6 is 11.3 Å². The molecule has 0 saturated carbocycles. The second-order valence-electron chi connectivity index (χ2n) is 3.11. The smallest absolute Gasteiger partial charge is 0.110 e. The van der Waals surface area contributed by atoms with Crippen molar-refractivity contribution < 1.29 is 10.2 Å². The van der Waals surface area contributed by atoms with Gasteiger partial charge in [-0.15, -0.1) is 11.3 Å². The Morgan fingerprint density at radius 1 is 1.62 bits per heavy atom. The summed E-state index contributed by atoms with van der Waals surface area (Å²) in [6.07, 6.45) is -1.86. The van der Waals surface area contributed by atoms with E-state index in [0.29, 0.717) is 10.4 Å². The van der Waals surface area contributed by atoms with Crippen LogP contribution in [0.2, 0.25) is 0 Å². The number of thiophene rings is 1. The van der Waals surface area contributed by atoms with Crippen LogP contribution in [0.25, 0.3) is 10.4 Å². The highest BCUT2D eigenvalue weighted by molar-refractivity contribution is 7.10. The Morgan fingerprint density at radius 3 is 2.94 bits per heavy atom. The molecule has 6 nitrogen and oxygen atoms in total. The predicted octanol–water partition coefficient (Wildman–Crippen LogP) is 1.71. The van der Waals surface area contributed by atoms with Crippen LogP contribution in [0, 0.1) is 11.3 Å². The van der Waals surface area contributed by atoms with Crippen molar-refractivity contribution in [2.45, 2.75) is 18.6 Å². The number of rotatable bonds is 5. The predicted molar refractivity (Wildman–Crippen MR) is 58.6 cm³/mol. The van der Waals surface area contributed by atoms with E-state index in [2.05, 4.69) is 10.0 Å². The van der Waals surface area contributed by atoms with Crippen LogP contribution < -0.4 is 0 Å². The Labute approximate surface area is 96.0 Å². The standard InChI is InChI=1S/C9H10N4O2S/c10-4-7-3-6(5-16-7)9(15)8(14)1-2-12-13-11/h3,5,8-9,14-15H,1-2H2. The highest BCUT2D eigenvalue weighted by Gasteiger charge is 2.18. The molecule has 2 atom stereocenters. The molecule has 0 bridgehead atoms. The first kappa shape index (κ1) is 12.5. The molecule has 0 amide bonds. The lowest BCUT2D eigenvalue weighted by molar-refractivity contribution is 0.0153. The van der Waals surface area contributed by atoms with Gasteiger partial charge in [0.15, 0.2) is 0 Å². The van der Waals surface area contributed by atoms with Crippen LogP contribution in [-0.4, -0.2) is 22.9 Å². The maximum absolute atomic E-state index is 9.71. The summed E-state index contributed by atoms with van der Waals surface area (Å²) in [5.74, 6) is 0. The summed E-state index contributed by atoms with van der Waals surface area (Å²) in [5.41, 5.74) is 8.56. The van der Waals surface area contributed by atoms with Crippen molar-refractivity contribution in [1.82, 2.24) is 0 Å². The van der Waals surface area contributed by atoms with Gasteiger partial charge in [-0.05, 0) is 29.0 Å². The number of azide groups is 1. The summed E-state index contributed by atoms with van der Waals surface area (Å²) >= 11 is 1.21. The first-order valence-electron chi connectivity index (χ1n) is 4.54. The van der Waals surface area contributed by atoms with Gasteiger partial charge in [0.1, 0.15) is 17.1 Å². The average Bonchev–Trinajstić information content (AvgIpc) is 2.76. The van der Waals surface area contributed by atoms with Gasteiger partial charge in [-0.3, -0.25) is 0 Å². The van der Waals surface area contributed by atoms with Crippen LogP contribution in [-0.2, 0) is 0 Å². The van der Waals surface area contributed by atoms with Crippen LogP contribution in [0.15, 0.2) is 16.6 Å². The Balaban J connectivity index is 2.59. The van der Waals surface area contributed by atoms with Crippen LogP contribution in [0.5, 0.6) is 0 Å². The average molecular weight is 238 g/mol. The van der Waals surface area contributed by atoms with Gasteiger partial charge in [-0.1, -0.05) is 5.11 Å². The number of hydrogen-bond donors (Lipinski definition) is 2. The van der Waals surface area contributed by atoms with Gasteiger partial charge in [-0.2, -0.15) is 5.26 Å². The third-order valence-corrected chi connectivity index (χ3v) is 2.88. The first-order valence-corrected chi connectivity index (χ1v) is 5.42. The molecular weight excluding hydrogens is 228 g/mol. The molecule has 0 aromatic carbocycles. The lowest BCUT2D eigenvalue weighted by atomic mass is 10.1. The minimum absolute atomic E-state index is 0.129. The molecule has 84 valence electrons. The van der Waals surface area contributed by atoms with E-state index < -0.39 is 12.2 Å². The molecule has 1 aromatic rings. The molecule has 2 N–H and O–H groups in total. The maximum Gasteiger partial charge on any atom is 0.110 e. The zero-order chi connectivity index (χ0) is 12.0. The van der Waals surface area contributed by atoms with E-state index in [9.17, 15) is 10.2 Å². The van der Waals surface area contributed by atoms with Gasteiger partial charge >= 0.3 is 0 Å². The molecule has 0 spiro atoms. The molecule has 1 aromatic heterocycles. The third-order valence-electron chi connectivity index (χ3n) is 2.02. The summed E-state index contributed by atoms with van der Waals surface area (Å²) in [6.45, 7) is 0.129. The first-order chi connectivity index (χ1) is 7.69. The molecule has 16 heavy (non-hydrogen) atoms. The second-order valence-corrected chi connectivity index (χ2v) is 4.02. The molecule has 0 aliphatic rings. The molecule has 0 aliphatic heterocycles. The SMILES string of the molecule is N#Cc1cc(C(O)C(O)CCN=[N+]=[N-])cs1. The van der Waals surface area contributed by atoms with E-state index in [1.165, 1.54) is 17.4 Å². The highest BCUT2D eigenvalue weighted by Crippen LogP contribution is 2.24.